The zero-order chi connectivity index (χ0) is 20.0. The van der Waals surface area contributed by atoms with Gasteiger partial charge in [-0.3, -0.25) is 0 Å². The molecule has 144 valence electrons. The van der Waals surface area contributed by atoms with E-state index in [-0.39, 0.29) is 5.92 Å². The van der Waals surface area contributed by atoms with Gasteiger partial charge in [0.1, 0.15) is 17.2 Å². The zero-order valence-corrected chi connectivity index (χ0v) is 16.5. The molecule has 6 heteroatoms. The van der Waals surface area contributed by atoms with E-state index in [1.807, 2.05) is 36.4 Å². The number of hydrogen-bond acceptors (Lipinski definition) is 6. The fraction of sp³-hybridized carbons (Fsp3) is 0.286. The Kier molecular flexibility index (Phi) is 6.71. The molecule has 2 aromatic rings. The maximum atomic E-state index is 6.40. The van der Waals surface area contributed by atoms with E-state index in [0.717, 1.165) is 28.3 Å². The molecule has 0 unspecified atom stereocenters. The largest absolute Gasteiger partial charge is 0.497 e. The molecule has 0 heterocycles. The maximum Gasteiger partial charge on any atom is 0.131 e. The van der Waals surface area contributed by atoms with E-state index in [4.69, 9.17) is 19.9 Å². The highest BCUT2D eigenvalue weighted by atomic mass is 16.5. The normalized spacial score (nSPS) is 11.3. The van der Waals surface area contributed by atoms with Crippen LogP contribution in [0, 0.1) is 0 Å². The summed E-state index contributed by atoms with van der Waals surface area (Å²) in [6, 6.07) is 11.3. The molecule has 0 aromatic heterocycles. The summed E-state index contributed by atoms with van der Waals surface area (Å²) in [4.78, 5) is 0. The van der Waals surface area contributed by atoms with Gasteiger partial charge in [-0.15, -0.1) is 0 Å². The first-order chi connectivity index (χ1) is 12.9. The summed E-state index contributed by atoms with van der Waals surface area (Å²) >= 11 is 0. The second-order valence-corrected chi connectivity index (χ2v) is 6.22. The van der Waals surface area contributed by atoms with Crippen molar-refractivity contribution in [1.82, 2.24) is 0 Å². The number of hydrogen-bond donors (Lipinski definition) is 1. The lowest BCUT2D eigenvalue weighted by Gasteiger charge is -2.19. The molecule has 27 heavy (non-hydrogen) atoms. The van der Waals surface area contributed by atoms with Crippen LogP contribution < -0.4 is 25.0 Å². The first-order valence-electron chi connectivity index (χ1n) is 8.58. The molecule has 0 saturated heterocycles. The molecule has 0 aliphatic heterocycles. The molecule has 0 radical (unpaired) electrons. The average Bonchev–Trinajstić information content (AvgIpc) is 2.70. The Bertz CT molecular complexity index is 831. The van der Waals surface area contributed by atoms with Crippen LogP contribution in [0.1, 0.15) is 30.9 Å². The predicted octanol–water partition coefficient (Wildman–Crippen LogP) is 4.22. The van der Waals surface area contributed by atoms with Gasteiger partial charge in [0.05, 0.1) is 38.9 Å². The van der Waals surface area contributed by atoms with Gasteiger partial charge >= 0.3 is 0 Å². The van der Waals surface area contributed by atoms with Gasteiger partial charge in [-0.2, -0.15) is 5.10 Å². The third-order valence-electron chi connectivity index (χ3n) is 4.22. The number of rotatable bonds is 8. The Morgan fingerprint density at radius 1 is 1.07 bits per heavy atom. The molecule has 2 N–H and O–H groups in total. The monoisotopic (exact) mass is 369 g/mol. The Hall–Kier alpha value is -3.15. The third kappa shape index (κ3) is 4.53. The van der Waals surface area contributed by atoms with Crippen molar-refractivity contribution < 1.29 is 14.2 Å². The lowest BCUT2D eigenvalue weighted by molar-refractivity contribution is 0.389. The second kappa shape index (κ2) is 8.98. The first kappa shape index (κ1) is 20.2. The highest BCUT2D eigenvalue weighted by Crippen LogP contribution is 2.36. The van der Waals surface area contributed by atoms with E-state index in [0.29, 0.717) is 11.4 Å². The van der Waals surface area contributed by atoms with E-state index < -0.39 is 0 Å². The van der Waals surface area contributed by atoms with Crippen LogP contribution in [0.5, 0.6) is 17.2 Å². The summed E-state index contributed by atoms with van der Waals surface area (Å²) in [5.74, 6) is 2.38. The van der Waals surface area contributed by atoms with Gasteiger partial charge in [0.15, 0.2) is 0 Å². The van der Waals surface area contributed by atoms with Crippen LogP contribution in [0.4, 0.5) is 5.69 Å². The van der Waals surface area contributed by atoms with Crippen LogP contribution in [0.25, 0.3) is 5.70 Å². The summed E-state index contributed by atoms with van der Waals surface area (Å²) in [7, 11) is 4.86. The van der Waals surface area contributed by atoms with Crippen molar-refractivity contribution in [2.45, 2.75) is 19.8 Å². The molecule has 6 nitrogen and oxygen atoms in total. The molecule has 0 atom stereocenters. The van der Waals surface area contributed by atoms with Crippen molar-refractivity contribution >= 4 is 18.1 Å². The van der Waals surface area contributed by atoms with E-state index in [9.17, 15) is 0 Å². The standard InChI is InChI=1S/C21H27N3O3/c1-14(2)17-11-18(21(27-6)12-20(17)26-5)19(22)13-24(23-3)15-8-7-9-16(10-15)25-4/h7-14H,3,22H2,1-2,4-6H3/b19-13-. The fourth-order valence-corrected chi connectivity index (χ4v) is 2.75. The molecule has 0 spiro atoms. The summed E-state index contributed by atoms with van der Waals surface area (Å²) in [6.07, 6.45) is 1.70. The van der Waals surface area contributed by atoms with Gasteiger partial charge in [-0.25, -0.2) is 5.01 Å². The Morgan fingerprint density at radius 2 is 1.78 bits per heavy atom. The first-order valence-corrected chi connectivity index (χ1v) is 8.58. The minimum absolute atomic E-state index is 0.268. The molecule has 2 rings (SSSR count). The van der Waals surface area contributed by atoms with Gasteiger partial charge in [0.25, 0.3) is 0 Å². The number of ether oxygens (including phenoxy) is 3. The van der Waals surface area contributed by atoms with Crippen molar-refractivity contribution in [3.63, 3.8) is 0 Å². The minimum Gasteiger partial charge on any atom is -0.497 e. The Labute approximate surface area is 160 Å². The molecule has 2 aromatic carbocycles. The fourth-order valence-electron chi connectivity index (χ4n) is 2.75. The average molecular weight is 369 g/mol. The maximum absolute atomic E-state index is 6.40. The van der Waals surface area contributed by atoms with Gasteiger partial charge in [-0.1, -0.05) is 19.9 Å². The van der Waals surface area contributed by atoms with Crippen LogP contribution in [0.2, 0.25) is 0 Å². The van der Waals surface area contributed by atoms with Crippen molar-refractivity contribution in [3.05, 3.63) is 53.7 Å². The Morgan fingerprint density at radius 3 is 2.33 bits per heavy atom. The van der Waals surface area contributed by atoms with E-state index in [1.54, 1.807) is 32.5 Å². The van der Waals surface area contributed by atoms with Crippen molar-refractivity contribution in [1.29, 1.82) is 0 Å². The number of nitrogens with zero attached hydrogens (tertiary/aromatic N) is 2. The SMILES string of the molecule is C=NN(/C=C(\N)c1cc(C(C)C)c(OC)cc1OC)c1cccc(OC)c1. The molecular weight excluding hydrogens is 342 g/mol. The quantitative estimate of drug-likeness (QED) is 0.557. The smallest absolute Gasteiger partial charge is 0.131 e. The lowest BCUT2D eigenvalue weighted by Crippen LogP contribution is -2.12. The van der Waals surface area contributed by atoms with Gasteiger partial charge in [-0.05, 0) is 29.7 Å². The molecule has 0 fully saturated rings. The summed E-state index contributed by atoms with van der Waals surface area (Å²) < 4.78 is 16.3. The van der Waals surface area contributed by atoms with Gasteiger partial charge in [0, 0.05) is 24.4 Å². The highest BCUT2D eigenvalue weighted by Gasteiger charge is 2.16. The molecule has 0 amide bonds. The topological polar surface area (TPSA) is 69.3 Å². The zero-order valence-electron chi connectivity index (χ0n) is 16.5. The van der Waals surface area contributed by atoms with E-state index in [1.165, 1.54) is 0 Å². The van der Waals surface area contributed by atoms with Crippen molar-refractivity contribution in [2.24, 2.45) is 10.8 Å². The van der Waals surface area contributed by atoms with Crippen LogP contribution in [0.15, 0.2) is 47.7 Å². The van der Waals surface area contributed by atoms with Crippen LogP contribution in [0.3, 0.4) is 0 Å². The molecular formula is C21H27N3O3. The second-order valence-electron chi connectivity index (χ2n) is 6.22. The highest BCUT2D eigenvalue weighted by molar-refractivity contribution is 5.73. The molecule has 0 bridgehead atoms. The summed E-state index contributed by atoms with van der Waals surface area (Å²) in [6.45, 7) is 7.84. The molecule has 0 saturated carbocycles. The third-order valence-corrected chi connectivity index (χ3v) is 4.22. The van der Waals surface area contributed by atoms with Gasteiger partial charge < -0.3 is 19.9 Å². The van der Waals surface area contributed by atoms with E-state index >= 15 is 0 Å². The summed E-state index contributed by atoms with van der Waals surface area (Å²) in [5.41, 5.74) is 9.48. The van der Waals surface area contributed by atoms with Crippen LogP contribution >= 0.6 is 0 Å². The van der Waals surface area contributed by atoms with E-state index in [2.05, 4.69) is 25.7 Å². The number of benzene rings is 2. The molecule has 0 aliphatic carbocycles. The van der Waals surface area contributed by atoms with Crippen LogP contribution in [-0.2, 0) is 0 Å². The minimum atomic E-state index is 0.268. The number of hydrazone groups is 1. The van der Waals surface area contributed by atoms with Gasteiger partial charge in [0.2, 0.25) is 0 Å². The number of nitrogens with two attached hydrogens (primary N) is 1. The number of methoxy groups -OCH3 is 3. The van der Waals surface area contributed by atoms with Crippen LogP contribution in [-0.4, -0.2) is 28.0 Å². The Balaban J connectivity index is 2.51. The molecule has 0 aliphatic rings. The lowest BCUT2D eigenvalue weighted by atomic mass is 9.97. The number of anilines is 1. The van der Waals surface area contributed by atoms with Crippen molar-refractivity contribution in [3.8, 4) is 17.2 Å². The predicted molar refractivity (Wildman–Crippen MR) is 111 cm³/mol. The summed E-state index contributed by atoms with van der Waals surface area (Å²) in [5, 5.41) is 5.65. The van der Waals surface area contributed by atoms with Crippen molar-refractivity contribution in [2.75, 3.05) is 26.3 Å².